The Labute approximate surface area is 178 Å². The number of fused-ring (bicyclic) bond motifs is 1. The van der Waals surface area contributed by atoms with E-state index in [-0.39, 0.29) is 18.6 Å². The zero-order valence-corrected chi connectivity index (χ0v) is 16.8. The van der Waals surface area contributed by atoms with E-state index in [1.165, 1.54) is 0 Å². The van der Waals surface area contributed by atoms with Crippen LogP contribution in [-0.2, 0) is 11.2 Å². The molecule has 2 aliphatic heterocycles. The maximum Gasteiger partial charge on any atom is 0.246 e. The number of rotatable bonds is 5. The Bertz CT molecular complexity index is 1100. The first-order valence-electron chi connectivity index (χ1n) is 10.2. The molecule has 0 radical (unpaired) electrons. The van der Waals surface area contributed by atoms with Gasteiger partial charge in [0.2, 0.25) is 24.4 Å². The van der Waals surface area contributed by atoms with Crippen LogP contribution in [0, 0.1) is 5.92 Å². The number of amides is 1. The van der Waals surface area contributed by atoms with E-state index in [9.17, 15) is 4.79 Å². The molecule has 9 heteroatoms. The molecule has 4 heterocycles. The predicted octanol–water partition coefficient (Wildman–Crippen LogP) is 2.75. The third kappa shape index (κ3) is 4.40. The molecule has 0 bridgehead atoms. The predicted molar refractivity (Wildman–Crippen MR) is 110 cm³/mol. The first-order chi connectivity index (χ1) is 15.2. The molecular weight excluding hydrogens is 398 g/mol. The summed E-state index contributed by atoms with van der Waals surface area (Å²) in [4.78, 5) is 27.2. The van der Waals surface area contributed by atoms with Crippen LogP contribution in [0.15, 0.2) is 47.4 Å². The summed E-state index contributed by atoms with van der Waals surface area (Å²) in [6, 6.07) is 5.62. The molecule has 31 heavy (non-hydrogen) atoms. The van der Waals surface area contributed by atoms with Gasteiger partial charge in [-0.2, -0.15) is 4.98 Å². The van der Waals surface area contributed by atoms with Crippen molar-refractivity contribution in [2.75, 3.05) is 19.9 Å². The number of carbonyl (C=O) groups is 1. The lowest BCUT2D eigenvalue weighted by Crippen LogP contribution is -2.39. The molecule has 0 spiro atoms. The Balaban J connectivity index is 1.19. The number of hydrogen-bond acceptors (Lipinski definition) is 8. The van der Waals surface area contributed by atoms with Gasteiger partial charge in [-0.3, -0.25) is 9.78 Å². The molecule has 5 rings (SSSR count). The second kappa shape index (κ2) is 8.55. The van der Waals surface area contributed by atoms with Gasteiger partial charge >= 0.3 is 0 Å². The topological polar surface area (TPSA) is 103 Å². The van der Waals surface area contributed by atoms with Gasteiger partial charge in [0.1, 0.15) is 5.69 Å². The molecule has 2 aliphatic rings. The summed E-state index contributed by atoms with van der Waals surface area (Å²) in [6.45, 7) is 1.64. The highest BCUT2D eigenvalue weighted by Gasteiger charge is 2.25. The second-order valence-corrected chi connectivity index (χ2v) is 7.55. The Morgan fingerprint density at radius 2 is 2.16 bits per heavy atom. The van der Waals surface area contributed by atoms with Gasteiger partial charge in [-0.05, 0) is 42.5 Å². The summed E-state index contributed by atoms with van der Waals surface area (Å²) >= 11 is 0. The van der Waals surface area contributed by atoms with Crippen molar-refractivity contribution in [2.24, 2.45) is 5.92 Å². The van der Waals surface area contributed by atoms with E-state index in [0.29, 0.717) is 36.1 Å². The van der Waals surface area contributed by atoms with E-state index in [0.717, 1.165) is 30.7 Å². The third-order valence-corrected chi connectivity index (χ3v) is 5.37. The van der Waals surface area contributed by atoms with Crippen LogP contribution in [0.4, 0.5) is 0 Å². The van der Waals surface area contributed by atoms with Crippen LogP contribution in [0.1, 0.15) is 24.3 Å². The molecular formula is C22H21N5O4. The summed E-state index contributed by atoms with van der Waals surface area (Å²) in [5, 5.41) is 3.99. The maximum absolute atomic E-state index is 12.7. The first kappa shape index (κ1) is 19.2. The fourth-order valence-corrected chi connectivity index (χ4v) is 3.82. The van der Waals surface area contributed by atoms with Crippen LogP contribution < -0.4 is 9.47 Å². The van der Waals surface area contributed by atoms with E-state index < -0.39 is 0 Å². The van der Waals surface area contributed by atoms with Gasteiger partial charge < -0.3 is 18.9 Å². The smallest absolute Gasteiger partial charge is 0.246 e. The summed E-state index contributed by atoms with van der Waals surface area (Å²) in [5.41, 5.74) is 1.47. The Morgan fingerprint density at radius 3 is 3.06 bits per heavy atom. The average molecular weight is 419 g/mol. The van der Waals surface area contributed by atoms with E-state index in [1.54, 1.807) is 30.7 Å². The lowest BCUT2D eigenvalue weighted by molar-refractivity contribution is -0.127. The van der Waals surface area contributed by atoms with Crippen molar-refractivity contribution in [2.45, 2.75) is 19.3 Å². The van der Waals surface area contributed by atoms with Crippen molar-refractivity contribution in [1.29, 1.82) is 0 Å². The minimum Gasteiger partial charge on any atom is -0.454 e. The van der Waals surface area contributed by atoms with Gasteiger partial charge in [0.25, 0.3) is 0 Å². The molecule has 0 saturated carbocycles. The number of hydrogen-bond donors (Lipinski definition) is 0. The van der Waals surface area contributed by atoms with E-state index in [2.05, 4.69) is 20.1 Å². The molecule has 1 saturated heterocycles. The van der Waals surface area contributed by atoms with Crippen LogP contribution in [0.3, 0.4) is 0 Å². The zero-order chi connectivity index (χ0) is 21.0. The number of carbonyl (C=O) groups excluding carboxylic acids is 1. The fraction of sp³-hybridized carbons (Fsp3) is 0.318. The molecule has 2 aromatic heterocycles. The molecule has 158 valence electrons. The minimum atomic E-state index is -0.00635. The maximum atomic E-state index is 12.7. The monoisotopic (exact) mass is 419 g/mol. The molecule has 0 N–H and O–H groups in total. The molecule has 0 aliphatic carbocycles. The number of ether oxygens (including phenoxy) is 2. The summed E-state index contributed by atoms with van der Waals surface area (Å²) < 4.78 is 16.1. The van der Waals surface area contributed by atoms with E-state index in [4.69, 9.17) is 14.0 Å². The third-order valence-electron chi connectivity index (χ3n) is 5.37. The standard InChI is InChI=1S/C22H21N5O4/c28-21(6-4-15-3-5-18-19(10-15)30-14-29-18)27-9-1-2-16(13-27)11-20-25-22(26-31-20)17-12-23-7-8-24-17/h3-8,10,12,16H,1-2,9,11,13-14H2/b6-4-/t16-/m1/s1. The Kier molecular flexibility index (Phi) is 5.30. The summed E-state index contributed by atoms with van der Waals surface area (Å²) in [5.74, 6) is 2.67. The second-order valence-electron chi connectivity index (χ2n) is 7.55. The zero-order valence-electron chi connectivity index (χ0n) is 16.8. The van der Waals surface area contributed by atoms with Crippen LogP contribution in [0.25, 0.3) is 17.6 Å². The van der Waals surface area contributed by atoms with Crippen molar-refractivity contribution >= 4 is 12.0 Å². The van der Waals surface area contributed by atoms with Crippen LogP contribution in [0.2, 0.25) is 0 Å². The van der Waals surface area contributed by atoms with Crippen molar-refractivity contribution in [1.82, 2.24) is 25.0 Å². The molecule has 9 nitrogen and oxygen atoms in total. The minimum absolute atomic E-state index is 0.00635. The van der Waals surface area contributed by atoms with Gasteiger partial charge in [-0.15, -0.1) is 0 Å². The normalized spacial score (nSPS) is 17.9. The largest absolute Gasteiger partial charge is 0.454 e. The Hall–Kier alpha value is -3.75. The molecule has 3 aromatic rings. The fourth-order valence-electron chi connectivity index (χ4n) is 3.82. The van der Waals surface area contributed by atoms with Crippen molar-refractivity contribution in [3.63, 3.8) is 0 Å². The van der Waals surface area contributed by atoms with Gasteiger partial charge in [-0.25, -0.2) is 4.98 Å². The number of benzene rings is 1. The van der Waals surface area contributed by atoms with Crippen LogP contribution >= 0.6 is 0 Å². The van der Waals surface area contributed by atoms with Crippen molar-refractivity contribution in [3.05, 3.63) is 54.3 Å². The van der Waals surface area contributed by atoms with Crippen LogP contribution in [0.5, 0.6) is 11.5 Å². The lowest BCUT2D eigenvalue weighted by Gasteiger charge is -2.31. The molecule has 1 amide bonds. The summed E-state index contributed by atoms with van der Waals surface area (Å²) in [7, 11) is 0. The van der Waals surface area contributed by atoms with Crippen molar-refractivity contribution < 1.29 is 18.8 Å². The summed E-state index contributed by atoms with van der Waals surface area (Å²) in [6.07, 6.45) is 10.8. The number of aromatic nitrogens is 4. The van der Waals surface area contributed by atoms with E-state index >= 15 is 0 Å². The van der Waals surface area contributed by atoms with Gasteiger partial charge in [-0.1, -0.05) is 11.2 Å². The van der Waals surface area contributed by atoms with Gasteiger partial charge in [0.05, 0.1) is 6.20 Å². The Morgan fingerprint density at radius 1 is 1.23 bits per heavy atom. The SMILES string of the molecule is O=C(/C=C\c1ccc2c(c1)OCO2)N1CCC[C@H](Cc2nc(-c3cnccn3)no2)C1. The van der Waals surface area contributed by atoms with Gasteiger partial charge in [0.15, 0.2) is 11.5 Å². The van der Waals surface area contributed by atoms with E-state index in [1.807, 2.05) is 23.1 Å². The lowest BCUT2D eigenvalue weighted by atomic mass is 9.94. The van der Waals surface area contributed by atoms with Crippen molar-refractivity contribution in [3.8, 4) is 23.0 Å². The van der Waals surface area contributed by atoms with Gasteiger partial charge in [0, 0.05) is 38.0 Å². The number of piperidine rings is 1. The highest BCUT2D eigenvalue weighted by atomic mass is 16.7. The highest BCUT2D eigenvalue weighted by molar-refractivity contribution is 5.92. The molecule has 1 fully saturated rings. The van der Waals surface area contributed by atoms with Crippen LogP contribution in [-0.4, -0.2) is 50.8 Å². The highest BCUT2D eigenvalue weighted by Crippen LogP contribution is 2.32. The molecule has 1 atom stereocenters. The quantitative estimate of drug-likeness (QED) is 0.582. The molecule has 0 unspecified atom stereocenters. The number of nitrogens with zero attached hydrogens (tertiary/aromatic N) is 5. The average Bonchev–Trinajstić information content (AvgIpc) is 3.47. The number of likely N-dealkylation sites (tertiary alicyclic amines) is 1. The first-order valence-corrected chi connectivity index (χ1v) is 10.2. The molecule has 1 aromatic carbocycles.